The Kier molecular flexibility index (Phi) is 6.96. The second kappa shape index (κ2) is 10.3. The van der Waals surface area contributed by atoms with Crippen LogP contribution in [0.2, 0.25) is 5.02 Å². The summed E-state index contributed by atoms with van der Waals surface area (Å²) < 4.78 is 11.8. The van der Waals surface area contributed by atoms with Gasteiger partial charge in [0.05, 0.1) is 17.3 Å². The van der Waals surface area contributed by atoms with Crippen molar-refractivity contribution in [3.63, 3.8) is 0 Å². The number of nitrogens with one attached hydrogen (secondary N) is 3. The molecule has 11 heteroatoms. The number of fused-ring (bicyclic) bond motifs is 2. The van der Waals surface area contributed by atoms with Crippen molar-refractivity contribution in [2.45, 2.75) is 64.1 Å². The predicted molar refractivity (Wildman–Crippen MR) is 158 cm³/mol. The van der Waals surface area contributed by atoms with E-state index in [9.17, 15) is 9.90 Å². The number of aromatic nitrogens is 2. The molecule has 1 saturated heterocycles. The Balaban J connectivity index is 1.19. The number of rotatable bonds is 7. The number of amides is 1. The summed E-state index contributed by atoms with van der Waals surface area (Å²) in [4.78, 5) is 23.6. The molecule has 4 heterocycles. The van der Waals surface area contributed by atoms with Gasteiger partial charge in [-0.05, 0) is 69.7 Å². The van der Waals surface area contributed by atoms with Crippen LogP contribution in [-0.4, -0.2) is 51.5 Å². The van der Waals surface area contributed by atoms with Crippen molar-refractivity contribution in [2.75, 3.05) is 35.8 Å². The first kappa shape index (κ1) is 27.6. The fourth-order valence-corrected chi connectivity index (χ4v) is 6.17. The number of carbonyl (C=O) groups is 1. The number of hydrogen-bond acceptors (Lipinski definition) is 9. The van der Waals surface area contributed by atoms with Gasteiger partial charge in [0, 0.05) is 30.9 Å². The lowest BCUT2D eigenvalue weighted by Crippen LogP contribution is -2.47. The summed E-state index contributed by atoms with van der Waals surface area (Å²) in [6.45, 7) is 9.71. The van der Waals surface area contributed by atoms with Gasteiger partial charge in [0.1, 0.15) is 10.7 Å². The topological polar surface area (TPSA) is 121 Å². The van der Waals surface area contributed by atoms with Gasteiger partial charge in [-0.15, -0.1) is 0 Å². The van der Waals surface area contributed by atoms with Gasteiger partial charge < -0.3 is 30.5 Å². The van der Waals surface area contributed by atoms with Crippen molar-refractivity contribution in [1.82, 2.24) is 14.9 Å². The minimum atomic E-state index is -0.819. The molecule has 0 radical (unpaired) electrons. The summed E-state index contributed by atoms with van der Waals surface area (Å²) in [5.74, 6) is 2.51. The van der Waals surface area contributed by atoms with Crippen LogP contribution < -0.4 is 25.4 Å². The summed E-state index contributed by atoms with van der Waals surface area (Å²) in [5, 5.41) is 20.3. The number of piperidine rings is 1. The molecule has 4 N–H and O–H groups in total. The summed E-state index contributed by atoms with van der Waals surface area (Å²) in [5.41, 5.74) is 3.16. The summed E-state index contributed by atoms with van der Waals surface area (Å²) in [6.07, 6.45) is 3.40. The highest BCUT2D eigenvalue weighted by Crippen LogP contribution is 2.47. The molecule has 3 aromatic rings. The number of nitrogens with zero attached hydrogens (tertiary/aromatic N) is 3. The number of hydrogen-bond donors (Lipinski definition) is 4. The van der Waals surface area contributed by atoms with Crippen molar-refractivity contribution < 1.29 is 19.4 Å². The molecule has 0 spiro atoms. The van der Waals surface area contributed by atoms with Gasteiger partial charge in [-0.2, -0.15) is 4.98 Å². The molecule has 1 amide bonds. The standard InChI is InChI=1S/C30H35ClN6O4/c1-29(2)23-18(6-5-7-21(23)34-27(29)38)14-32-26-20(31)15-33-28(36-26)35-22-9-8-19(24-25(22)41-16-40-24)17-10-12-37(13-11-17)30(3,4)39/h5-9,15,17,39H,10-14,16H2,1-4H3,(H,34,38)(H2,32,33,35,36). The highest BCUT2D eigenvalue weighted by atomic mass is 35.5. The lowest BCUT2D eigenvalue weighted by molar-refractivity contribution is -0.119. The van der Waals surface area contributed by atoms with Crippen LogP contribution in [0.5, 0.6) is 11.5 Å². The number of ether oxygens (including phenoxy) is 2. The van der Waals surface area contributed by atoms with Gasteiger partial charge in [0.25, 0.3) is 0 Å². The molecule has 41 heavy (non-hydrogen) atoms. The van der Waals surface area contributed by atoms with E-state index in [1.165, 1.54) is 0 Å². The molecule has 3 aliphatic rings. The molecular formula is C30H35ClN6O4. The molecule has 0 bridgehead atoms. The third-order valence-electron chi connectivity index (χ3n) is 8.29. The lowest BCUT2D eigenvalue weighted by Gasteiger charge is -2.39. The number of benzene rings is 2. The van der Waals surface area contributed by atoms with Crippen molar-refractivity contribution in [3.8, 4) is 11.5 Å². The van der Waals surface area contributed by atoms with E-state index >= 15 is 0 Å². The van der Waals surface area contributed by atoms with E-state index in [2.05, 4.69) is 36.9 Å². The Morgan fingerprint density at radius 1 is 1.17 bits per heavy atom. The van der Waals surface area contributed by atoms with Crippen LogP contribution in [0, 0.1) is 0 Å². The summed E-state index contributed by atoms with van der Waals surface area (Å²) in [6, 6.07) is 9.88. The van der Waals surface area contributed by atoms with Gasteiger partial charge >= 0.3 is 0 Å². The summed E-state index contributed by atoms with van der Waals surface area (Å²) >= 11 is 6.46. The van der Waals surface area contributed by atoms with Crippen LogP contribution in [0.4, 0.5) is 23.1 Å². The van der Waals surface area contributed by atoms with Crippen LogP contribution in [0.1, 0.15) is 63.1 Å². The van der Waals surface area contributed by atoms with Crippen molar-refractivity contribution >= 4 is 40.6 Å². The number of carbonyl (C=O) groups excluding carboxylic acids is 1. The predicted octanol–water partition coefficient (Wildman–Crippen LogP) is 5.35. The number of likely N-dealkylation sites (tertiary alicyclic amines) is 1. The first-order valence-corrected chi connectivity index (χ1v) is 14.3. The number of aliphatic hydroxyl groups is 1. The van der Waals surface area contributed by atoms with Crippen LogP contribution >= 0.6 is 11.6 Å². The first-order valence-electron chi connectivity index (χ1n) is 13.9. The van der Waals surface area contributed by atoms with E-state index in [0.717, 1.165) is 54.1 Å². The molecule has 3 aliphatic heterocycles. The molecule has 0 unspecified atom stereocenters. The molecule has 10 nitrogen and oxygen atoms in total. The molecular weight excluding hydrogens is 544 g/mol. The maximum Gasteiger partial charge on any atom is 0.234 e. The van der Waals surface area contributed by atoms with Crippen molar-refractivity contribution in [2.24, 2.45) is 0 Å². The molecule has 1 aromatic heterocycles. The van der Waals surface area contributed by atoms with Crippen molar-refractivity contribution in [1.29, 1.82) is 0 Å². The molecule has 216 valence electrons. The molecule has 2 aromatic carbocycles. The average molecular weight is 579 g/mol. The average Bonchev–Trinajstić information content (AvgIpc) is 3.52. The third-order valence-corrected chi connectivity index (χ3v) is 8.56. The quantitative estimate of drug-likeness (QED) is 0.294. The fourth-order valence-electron chi connectivity index (χ4n) is 6.01. The van der Waals surface area contributed by atoms with Gasteiger partial charge in [-0.1, -0.05) is 29.8 Å². The van der Waals surface area contributed by atoms with Gasteiger partial charge in [-0.25, -0.2) is 4.98 Å². The minimum Gasteiger partial charge on any atom is -0.453 e. The largest absolute Gasteiger partial charge is 0.453 e. The zero-order valence-corrected chi connectivity index (χ0v) is 24.4. The second-order valence-electron chi connectivity index (χ2n) is 11.8. The Morgan fingerprint density at radius 3 is 2.68 bits per heavy atom. The first-order chi connectivity index (χ1) is 19.5. The monoisotopic (exact) mass is 578 g/mol. The highest BCUT2D eigenvalue weighted by Gasteiger charge is 2.40. The zero-order valence-electron chi connectivity index (χ0n) is 23.7. The Hall–Kier alpha value is -3.60. The maximum absolute atomic E-state index is 12.5. The van der Waals surface area contributed by atoms with E-state index < -0.39 is 11.1 Å². The van der Waals surface area contributed by atoms with E-state index in [-0.39, 0.29) is 12.7 Å². The van der Waals surface area contributed by atoms with Crippen LogP contribution in [0.15, 0.2) is 36.5 Å². The smallest absolute Gasteiger partial charge is 0.234 e. The molecule has 6 rings (SSSR count). The normalized spacial score (nSPS) is 18.2. The zero-order chi connectivity index (χ0) is 28.9. The second-order valence-corrected chi connectivity index (χ2v) is 12.2. The van der Waals surface area contributed by atoms with Crippen molar-refractivity contribution in [3.05, 3.63) is 58.2 Å². The van der Waals surface area contributed by atoms with Gasteiger partial charge in [0.15, 0.2) is 17.3 Å². The Labute approximate surface area is 244 Å². The lowest BCUT2D eigenvalue weighted by atomic mass is 9.83. The molecule has 0 atom stereocenters. The molecule has 0 saturated carbocycles. The van der Waals surface area contributed by atoms with E-state index in [0.29, 0.717) is 40.7 Å². The van der Waals surface area contributed by atoms with E-state index in [1.54, 1.807) is 6.20 Å². The third kappa shape index (κ3) is 5.16. The van der Waals surface area contributed by atoms with E-state index in [1.807, 2.05) is 52.0 Å². The van der Waals surface area contributed by atoms with Crippen LogP contribution in [0.25, 0.3) is 0 Å². The SMILES string of the molecule is CC1(C)C(=O)Nc2cccc(CNc3nc(Nc4ccc(C5CCN(C(C)(C)O)CC5)c5c4OCO5)ncc3Cl)c21. The van der Waals surface area contributed by atoms with Gasteiger partial charge in [-0.3, -0.25) is 9.69 Å². The minimum absolute atomic E-state index is 0.0178. The maximum atomic E-state index is 12.5. The molecule has 1 fully saturated rings. The number of anilines is 4. The Morgan fingerprint density at radius 2 is 1.93 bits per heavy atom. The highest BCUT2D eigenvalue weighted by molar-refractivity contribution is 6.32. The summed E-state index contributed by atoms with van der Waals surface area (Å²) in [7, 11) is 0. The Bertz CT molecular complexity index is 1500. The van der Waals surface area contributed by atoms with E-state index in [4.69, 9.17) is 21.1 Å². The molecule has 0 aliphatic carbocycles. The fraction of sp³-hybridized carbons (Fsp3) is 0.433. The van der Waals surface area contributed by atoms with Crippen LogP contribution in [0.3, 0.4) is 0 Å². The van der Waals surface area contributed by atoms with Gasteiger partial charge in [0.2, 0.25) is 18.6 Å². The van der Waals surface area contributed by atoms with Crippen LogP contribution in [-0.2, 0) is 16.8 Å². The number of halogens is 1.